The maximum absolute atomic E-state index is 12.6. The van der Waals surface area contributed by atoms with Gasteiger partial charge in [-0.15, -0.1) is 10.2 Å². The van der Waals surface area contributed by atoms with Crippen molar-refractivity contribution in [1.82, 2.24) is 15.2 Å². The number of amides is 1. The molecular formula is C20H16N4O3. The molecule has 3 aromatic heterocycles. The Morgan fingerprint density at radius 1 is 1.04 bits per heavy atom. The molecule has 134 valence electrons. The van der Waals surface area contributed by atoms with Crippen molar-refractivity contribution in [3.63, 3.8) is 0 Å². The Balaban J connectivity index is 1.58. The number of hydrogen-bond donors (Lipinski definition) is 1. The van der Waals surface area contributed by atoms with Gasteiger partial charge in [-0.2, -0.15) is 0 Å². The van der Waals surface area contributed by atoms with Crippen LogP contribution in [0.5, 0.6) is 0 Å². The molecule has 0 aliphatic rings. The van der Waals surface area contributed by atoms with Gasteiger partial charge in [0.15, 0.2) is 5.76 Å². The maximum atomic E-state index is 12.6. The molecule has 3 heterocycles. The Labute approximate surface area is 155 Å². The van der Waals surface area contributed by atoms with E-state index < -0.39 is 0 Å². The lowest BCUT2D eigenvalue weighted by atomic mass is 10.1. The van der Waals surface area contributed by atoms with E-state index in [0.29, 0.717) is 22.6 Å². The number of nitrogens with one attached hydrogen (secondary N) is 1. The molecule has 1 N–H and O–H groups in total. The first-order chi connectivity index (χ1) is 13.1. The van der Waals surface area contributed by atoms with Gasteiger partial charge in [0.25, 0.3) is 11.8 Å². The third-order valence-corrected chi connectivity index (χ3v) is 4.04. The number of aryl methyl sites for hydroxylation is 2. The predicted octanol–water partition coefficient (Wildman–Crippen LogP) is 4.26. The number of aromatic nitrogens is 3. The van der Waals surface area contributed by atoms with Crippen molar-refractivity contribution in [2.45, 2.75) is 13.8 Å². The van der Waals surface area contributed by atoms with Crippen LogP contribution in [-0.4, -0.2) is 21.1 Å². The van der Waals surface area contributed by atoms with Crippen molar-refractivity contribution in [3.05, 3.63) is 71.7 Å². The molecule has 7 nitrogen and oxygen atoms in total. The zero-order chi connectivity index (χ0) is 18.8. The van der Waals surface area contributed by atoms with Gasteiger partial charge in [0.05, 0.1) is 23.7 Å². The summed E-state index contributed by atoms with van der Waals surface area (Å²) >= 11 is 0. The van der Waals surface area contributed by atoms with Gasteiger partial charge in [0.2, 0.25) is 5.89 Å². The van der Waals surface area contributed by atoms with Gasteiger partial charge in [-0.25, -0.2) is 0 Å². The van der Waals surface area contributed by atoms with Crippen molar-refractivity contribution < 1.29 is 13.6 Å². The molecule has 7 heteroatoms. The van der Waals surface area contributed by atoms with E-state index in [9.17, 15) is 4.79 Å². The summed E-state index contributed by atoms with van der Waals surface area (Å²) in [7, 11) is 0. The van der Waals surface area contributed by atoms with Crippen LogP contribution in [0, 0.1) is 13.8 Å². The minimum absolute atomic E-state index is 0.197. The smallest absolute Gasteiger partial charge is 0.283 e. The second-order valence-electron chi connectivity index (χ2n) is 6.12. The van der Waals surface area contributed by atoms with Crippen molar-refractivity contribution in [2.75, 3.05) is 5.32 Å². The first-order valence-corrected chi connectivity index (χ1v) is 8.31. The number of nitrogens with zero attached hydrogens (tertiary/aromatic N) is 3. The number of rotatable bonds is 4. The summed E-state index contributed by atoms with van der Waals surface area (Å²) in [5, 5.41) is 10.8. The molecule has 0 fully saturated rings. The molecule has 4 rings (SSSR count). The quantitative estimate of drug-likeness (QED) is 0.584. The van der Waals surface area contributed by atoms with E-state index in [1.54, 1.807) is 30.6 Å². The molecule has 0 spiro atoms. The van der Waals surface area contributed by atoms with Gasteiger partial charge >= 0.3 is 0 Å². The Kier molecular flexibility index (Phi) is 4.25. The zero-order valence-electron chi connectivity index (χ0n) is 14.8. The van der Waals surface area contributed by atoms with Crippen molar-refractivity contribution in [2.24, 2.45) is 0 Å². The lowest BCUT2D eigenvalue weighted by Crippen LogP contribution is -2.13. The molecule has 4 aromatic rings. The Morgan fingerprint density at radius 2 is 1.89 bits per heavy atom. The second kappa shape index (κ2) is 6.87. The predicted molar refractivity (Wildman–Crippen MR) is 99.1 cm³/mol. The van der Waals surface area contributed by atoms with Gasteiger partial charge < -0.3 is 14.2 Å². The zero-order valence-corrected chi connectivity index (χ0v) is 14.8. The van der Waals surface area contributed by atoms with Gasteiger partial charge in [0.1, 0.15) is 0 Å². The van der Waals surface area contributed by atoms with Gasteiger partial charge in [-0.1, -0.05) is 17.7 Å². The molecule has 1 amide bonds. The average Bonchev–Trinajstić information content (AvgIpc) is 3.35. The highest BCUT2D eigenvalue weighted by atomic mass is 16.4. The molecule has 1 aromatic carbocycles. The number of benzene rings is 1. The monoisotopic (exact) mass is 360 g/mol. The molecule has 0 saturated heterocycles. The van der Waals surface area contributed by atoms with Crippen LogP contribution in [0.25, 0.3) is 23.1 Å². The number of hydrogen-bond acceptors (Lipinski definition) is 6. The Morgan fingerprint density at radius 3 is 2.70 bits per heavy atom. The molecule has 27 heavy (non-hydrogen) atoms. The molecule has 0 aliphatic carbocycles. The van der Waals surface area contributed by atoms with E-state index in [-0.39, 0.29) is 17.7 Å². The topological polar surface area (TPSA) is 94.1 Å². The van der Waals surface area contributed by atoms with E-state index in [1.807, 2.05) is 32.0 Å². The maximum Gasteiger partial charge on any atom is 0.283 e. The number of anilines is 1. The second-order valence-corrected chi connectivity index (χ2v) is 6.12. The van der Waals surface area contributed by atoms with Crippen LogP contribution in [0.3, 0.4) is 0 Å². The minimum atomic E-state index is -0.197. The standard InChI is InChI=1S/C20H16N4O3/c1-12-5-6-13(2)16(8-12)18(25)22-15-9-14(10-21-11-15)19-23-24-20(27-19)17-4-3-7-26-17/h3-11H,1-2H3,(H,22,25). The van der Waals surface area contributed by atoms with Gasteiger partial charge in [0, 0.05) is 11.8 Å². The molecule has 0 saturated carbocycles. The summed E-state index contributed by atoms with van der Waals surface area (Å²) in [5.74, 6) is 0.856. The van der Waals surface area contributed by atoms with E-state index >= 15 is 0 Å². The van der Waals surface area contributed by atoms with E-state index in [1.165, 1.54) is 6.26 Å². The van der Waals surface area contributed by atoms with Crippen LogP contribution in [0.2, 0.25) is 0 Å². The molecule has 0 bridgehead atoms. The molecule has 0 atom stereocenters. The van der Waals surface area contributed by atoms with Crippen LogP contribution in [0.4, 0.5) is 5.69 Å². The van der Waals surface area contributed by atoms with E-state index in [0.717, 1.165) is 11.1 Å². The van der Waals surface area contributed by atoms with Crippen LogP contribution in [0.1, 0.15) is 21.5 Å². The highest BCUT2D eigenvalue weighted by Gasteiger charge is 2.14. The summed E-state index contributed by atoms with van der Waals surface area (Å²) in [5.41, 5.74) is 3.68. The third-order valence-electron chi connectivity index (χ3n) is 4.04. The highest BCUT2D eigenvalue weighted by molar-refractivity contribution is 6.05. The average molecular weight is 360 g/mol. The highest BCUT2D eigenvalue weighted by Crippen LogP contribution is 2.25. The molecule has 0 aliphatic heterocycles. The molecule has 0 radical (unpaired) electrons. The van der Waals surface area contributed by atoms with E-state index in [4.69, 9.17) is 8.83 Å². The normalized spacial score (nSPS) is 10.7. The number of furan rings is 1. The fourth-order valence-corrected chi connectivity index (χ4v) is 2.64. The van der Waals surface area contributed by atoms with Gasteiger partial charge in [-0.05, 0) is 43.7 Å². The largest absolute Gasteiger partial charge is 0.459 e. The summed E-state index contributed by atoms with van der Waals surface area (Å²) < 4.78 is 10.9. The van der Waals surface area contributed by atoms with Crippen molar-refractivity contribution in [3.8, 4) is 23.1 Å². The van der Waals surface area contributed by atoms with Crippen molar-refractivity contribution in [1.29, 1.82) is 0 Å². The first kappa shape index (κ1) is 16.7. The summed E-state index contributed by atoms with van der Waals surface area (Å²) in [6.45, 7) is 3.85. The van der Waals surface area contributed by atoms with Crippen LogP contribution in [-0.2, 0) is 0 Å². The molecular weight excluding hydrogens is 344 g/mol. The lowest BCUT2D eigenvalue weighted by molar-refractivity contribution is 0.102. The fraction of sp³-hybridized carbons (Fsp3) is 0.100. The Bertz CT molecular complexity index is 1100. The summed E-state index contributed by atoms with van der Waals surface area (Å²) in [6.07, 6.45) is 4.69. The SMILES string of the molecule is Cc1ccc(C)c(C(=O)Nc2cncc(-c3nnc(-c4ccco4)o3)c2)c1. The number of carbonyl (C=O) groups excluding carboxylic acids is 1. The Hall–Kier alpha value is -3.74. The molecule has 0 unspecified atom stereocenters. The number of carbonyl (C=O) groups is 1. The lowest BCUT2D eigenvalue weighted by Gasteiger charge is -2.09. The van der Waals surface area contributed by atoms with Crippen LogP contribution >= 0.6 is 0 Å². The third kappa shape index (κ3) is 3.48. The van der Waals surface area contributed by atoms with Crippen LogP contribution < -0.4 is 5.32 Å². The van der Waals surface area contributed by atoms with Gasteiger partial charge in [-0.3, -0.25) is 9.78 Å². The number of pyridine rings is 1. The fourth-order valence-electron chi connectivity index (χ4n) is 2.64. The van der Waals surface area contributed by atoms with Crippen LogP contribution in [0.15, 0.2) is 63.9 Å². The minimum Gasteiger partial charge on any atom is -0.459 e. The van der Waals surface area contributed by atoms with E-state index in [2.05, 4.69) is 20.5 Å². The van der Waals surface area contributed by atoms with Crippen molar-refractivity contribution >= 4 is 11.6 Å². The summed E-state index contributed by atoms with van der Waals surface area (Å²) in [4.78, 5) is 16.7. The first-order valence-electron chi connectivity index (χ1n) is 8.31. The summed E-state index contributed by atoms with van der Waals surface area (Å²) in [6, 6.07) is 11.0.